The number of hydrogen-bond donors (Lipinski definition) is 0. The quantitative estimate of drug-likeness (QED) is 0.511. The highest BCUT2D eigenvalue weighted by Crippen LogP contribution is 2.25. The molecule has 0 N–H and O–H groups in total. The molecule has 2 saturated heterocycles. The average Bonchev–Trinajstić information content (AvgIpc) is 3.26. The fraction of sp³-hybridized carbons (Fsp3) is 0.444. The van der Waals surface area contributed by atoms with Crippen LogP contribution >= 0.6 is 0 Å². The number of piperazine rings is 1. The second-order valence-corrected chi connectivity index (χ2v) is 9.77. The molecule has 0 bridgehead atoms. The fourth-order valence-corrected chi connectivity index (χ4v) is 5.22. The second kappa shape index (κ2) is 10.1. The molecule has 2 aliphatic heterocycles. The molecule has 1 unspecified atom stereocenters. The summed E-state index contributed by atoms with van der Waals surface area (Å²) in [6.07, 6.45) is 3.43. The molecule has 0 saturated carbocycles. The van der Waals surface area contributed by atoms with Gasteiger partial charge < -0.3 is 14.7 Å². The molecule has 0 spiro atoms. The van der Waals surface area contributed by atoms with Crippen LogP contribution in [0.1, 0.15) is 41.5 Å². The van der Waals surface area contributed by atoms with Crippen molar-refractivity contribution in [3.8, 4) is 5.82 Å². The third-order valence-corrected chi connectivity index (χ3v) is 7.19. The monoisotopic (exact) mass is 487 g/mol. The molecule has 0 aliphatic carbocycles. The van der Waals surface area contributed by atoms with Crippen LogP contribution in [0.3, 0.4) is 0 Å². The Morgan fingerprint density at radius 3 is 2.28 bits per heavy atom. The maximum Gasteiger partial charge on any atom is 0.227 e. The van der Waals surface area contributed by atoms with Crippen LogP contribution in [0.25, 0.3) is 5.82 Å². The topological polar surface area (TPSA) is 87.5 Å². The maximum atomic E-state index is 13.4. The molecule has 1 aromatic carbocycles. The number of hydrogen-bond acceptors (Lipinski definition) is 7. The highest BCUT2D eigenvalue weighted by atomic mass is 16.2. The van der Waals surface area contributed by atoms with Gasteiger partial charge in [0.25, 0.3) is 0 Å². The molecule has 2 aromatic heterocycles. The van der Waals surface area contributed by atoms with Crippen LogP contribution in [-0.2, 0) is 4.79 Å². The van der Waals surface area contributed by atoms with Crippen molar-refractivity contribution in [2.75, 3.05) is 49.1 Å². The van der Waals surface area contributed by atoms with Crippen molar-refractivity contribution in [1.29, 1.82) is 0 Å². The molecular formula is C27H33N7O2. The van der Waals surface area contributed by atoms with Crippen molar-refractivity contribution >= 4 is 23.2 Å². The Labute approximate surface area is 211 Å². The summed E-state index contributed by atoms with van der Waals surface area (Å²) in [5, 5.41) is 4.54. The number of piperidine rings is 1. The zero-order chi connectivity index (χ0) is 25.2. The van der Waals surface area contributed by atoms with E-state index in [9.17, 15) is 9.59 Å². The lowest BCUT2D eigenvalue weighted by Gasteiger charge is -2.40. The first-order valence-electron chi connectivity index (χ1n) is 12.6. The zero-order valence-corrected chi connectivity index (χ0v) is 21.2. The van der Waals surface area contributed by atoms with Gasteiger partial charge in [0.1, 0.15) is 12.1 Å². The molecule has 0 radical (unpaired) electrons. The molecule has 9 nitrogen and oxygen atoms in total. The third kappa shape index (κ3) is 4.96. The van der Waals surface area contributed by atoms with Crippen LogP contribution in [0.5, 0.6) is 0 Å². The molecule has 188 valence electrons. The van der Waals surface area contributed by atoms with Crippen LogP contribution in [-0.4, -0.2) is 75.6 Å². The first kappa shape index (κ1) is 24.0. The second-order valence-electron chi connectivity index (χ2n) is 9.77. The predicted molar refractivity (Wildman–Crippen MR) is 139 cm³/mol. The lowest BCUT2D eigenvalue weighted by Crippen LogP contribution is -2.52. The van der Waals surface area contributed by atoms with Crippen LogP contribution in [0.2, 0.25) is 0 Å². The molecule has 2 fully saturated rings. The summed E-state index contributed by atoms with van der Waals surface area (Å²) < 4.78 is 1.83. The lowest BCUT2D eigenvalue weighted by molar-refractivity contribution is -0.136. The number of benzene rings is 1. The van der Waals surface area contributed by atoms with Gasteiger partial charge in [-0.15, -0.1) is 0 Å². The van der Waals surface area contributed by atoms with Crippen LogP contribution in [0.4, 0.5) is 11.5 Å². The molecular weight excluding hydrogens is 454 g/mol. The van der Waals surface area contributed by atoms with Gasteiger partial charge in [-0.25, -0.2) is 14.6 Å². The van der Waals surface area contributed by atoms with Gasteiger partial charge in [0, 0.05) is 62.3 Å². The largest absolute Gasteiger partial charge is 0.368 e. The summed E-state index contributed by atoms with van der Waals surface area (Å²) in [5.74, 6) is 1.85. The van der Waals surface area contributed by atoms with Gasteiger partial charge in [-0.2, -0.15) is 5.10 Å². The summed E-state index contributed by atoms with van der Waals surface area (Å²) >= 11 is 0. The summed E-state index contributed by atoms with van der Waals surface area (Å²) in [6.45, 7) is 10.1. The predicted octanol–water partition coefficient (Wildman–Crippen LogP) is 3.05. The Morgan fingerprint density at radius 2 is 1.61 bits per heavy atom. The summed E-state index contributed by atoms with van der Waals surface area (Å²) in [6, 6.07) is 11.7. The standard InChI is InChI=1S/C27H33N7O2/c1-19-15-20(2)34(30-19)26-16-25(28-18-29-26)33-10-4-5-23(17-33)27(36)32-13-11-31(12-14-32)24-8-6-22(7-9-24)21(3)35/h6-9,15-16,18,23H,4-5,10-14,17H2,1-3H3. The van der Waals surface area contributed by atoms with Crippen molar-refractivity contribution in [2.24, 2.45) is 5.92 Å². The molecule has 5 rings (SSSR count). The normalized spacial score (nSPS) is 18.4. The summed E-state index contributed by atoms with van der Waals surface area (Å²) in [5.41, 5.74) is 3.79. The van der Waals surface area contributed by atoms with E-state index in [2.05, 4.69) is 24.9 Å². The highest BCUT2D eigenvalue weighted by Gasteiger charge is 2.31. The van der Waals surface area contributed by atoms with Crippen LogP contribution < -0.4 is 9.80 Å². The lowest BCUT2D eigenvalue weighted by atomic mass is 9.96. The van der Waals surface area contributed by atoms with Gasteiger partial charge in [-0.1, -0.05) is 0 Å². The Hall–Kier alpha value is -3.75. The number of aryl methyl sites for hydroxylation is 2. The van der Waals surface area contributed by atoms with Gasteiger partial charge in [-0.05, 0) is 63.9 Å². The van der Waals surface area contributed by atoms with Crippen LogP contribution in [0, 0.1) is 19.8 Å². The van der Waals surface area contributed by atoms with Crippen molar-refractivity contribution in [3.05, 3.63) is 59.7 Å². The Morgan fingerprint density at radius 1 is 0.889 bits per heavy atom. The Bertz CT molecular complexity index is 1250. The average molecular weight is 488 g/mol. The number of ketones is 1. The number of amides is 1. The SMILES string of the molecule is CC(=O)c1ccc(N2CCN(C(=O)C3CCCN(c4cc(-n5nc(C)cc5C)ncn4)C3)CC2)cc1. The van der Waals surface area contributed by atoms with E-state index in [1.165, 1.54) is 0 Å². The smallest absolute Gasteiger partial charge is 0.227 e. The van der Waals surface area contributed by atoms with E-state index in [1.54, 1.807) is 13.3 Å². The van der Waals surface area contributed by atoms with E-state index in [-0.39, 0.29) is 17.6 Å². The van der Waals surface area contributed by atoms with Gasteiger partial charge in [0.05, 0.1) is 11.6 Å². The number of aromatic nitrogens is 4. The summed E-state index contributed by atoms with van der Waals surface area (Å²) in [4.78, 5) is 40.4. The van der Waals surface area contributed by atoms with Crippen molar-refractivity contribution in [3.63, 3.8) is 0 Å². The Balaban J connectivity index is 1.21. The number of nitrogens with zero attached hydrogens (tertiary/aromatic N) is 7. The van der Waals surface area contributed by atoms with Gasteiger partial charge in [0.2, 0.25) is 5.91 Å². The van der Waals surface area contributed by atoms with E-state index < -0.39 is 0 Å². The molecule has 1 amide bonds. The minimum atomic E-state index is -0.0350. The third-order valence-electron chi connectivity index (χ3n) is 7.19. The minimum absolute atomic E-state index is 0.0350. The maximum absolute atomic E-state index is 13.4. The van der Waals surface area contributed by atoms with E-state index in [0.29, 0.717) is 19.6 Å². The van der Waals surface area contributed by atoms with Gasteiger partial charge in [-0.3, -0.25) is 9.59 Å². The molecule has 2 aliphatic rings. The van der Waals surface area contributed by atoms with Crippen molar-refractivity contribution < 1.29 is 9.59 Å². The van der Waals surface area contributed by atoms with E-state index >= 15 is 0 Å². The molecule has 3 aromatic rings. The first-order chi connectivity index (χ1) is 17.4. The number of rotatable bonds is 5. The first-order valence-corrected chi connectivity index (χ1v) is 12.6. The van der Waals surface area contributed by atoms with Crippen molar-refractivity contribution in [2.45, 2.75) is 33.6 Å². The number of carbonyl (C=O) groups is 2. The van der Waals surface area contributed by atoms with Crippen molar-refractivity contribution in [1.82, 2.24) is 24.6 Å². The molecule has 36 heavy (non-hydrogen) atoms. The van der Waals surface area contributed by atoms with Gasteiger partial charge >= 0.3 is 0 Å². The van der Waals surface area contributed by atoms with E-state index in [4.69, 9.17) is 0 Å². The van der Waals surface area contributed by atoms with E-state index in [1.807, 2.05) is 59.8 Å². The fourth-order valence-electron chi connectivity index (χ4n) is 5.22. The molecule has 9 heteroatoms. The minimum Gasteiger partial charge on any atom is -0.368 e. The number of Topliss-reactive ketones (excluding diaryl/α,β-unsaturated/α-hetero) is 1. The van der Waals surface area contributed by atoms with E-state index in [0.717, 1.165) is 66.8 Å². The van der Waals surface area contributed by atoms with Gasteiger partial charge in [0.15, 0.2) is 11.6 Å². The highest BCUT2D eigenvalue weighted by molar-refractivity contribution is 5.94. The number of anilines is 2. The Kier molecular flexibility index (Phi) is 6.71. The molecule has 4 heterocycles. The molecule has 1 atom stereocenters. The zero-order valence-electron chi connectivity index (χ0n) is 21.2. The summed E-state index contributed by atoms with van der Waals surface area (Å²) in [7, 11) is 0. The number of carbonyl (C=O) groups excluding carboxylic acids is 2. The van der Waals surface area contributed by atoms with Crippen LogP contribution in [0.15, 0.2) is 42.7 Å².